The van der Waals surface area contributed by atoms with Gasteiger partial charge in [-0.2, -0.15) is 0 Å². The average molecular weight is 525 g/mol. The maximum Gasteiger partial charge on any atom is 0.410 e. The van der Waals surface area contributed by atoms with Crippen LogP contribution in [0.5, 0.6) is 5.88 Å². The molecule has 1 aromatic carbocycles. The number of rotatable bonds is 9. The van der Waals surface area contributed by atoms with Crippen molar-refractivity contribution in [1.82, 2.24) is 14.9 Å². The Morgan fingerprint density at radius 1 is 1.25 bits per heavy atom. The van der Waals surface area contributed by atoms with E-state index in [2.05, 4.69) is 9.97 Å². The highest BCUT2D eigenvalue weighted by molar-refractivity contribution is 7.90. The minimum Gasteiger partial charge on any atom is -0.474 e. The van der Waals surface area contributed by atoms with Gasteiger partial charge in [-0.3, -0.25) is 0 Å². The molecule has 12 heteroatoms. The molecule has 1 fully saturated rings. The Morgan fingerprint density at radius 2 is 1.94 bits per heavy atom. The SMILES string of the molecule is COCCN(c1ccc(S(C)(=O)=O)cc1F)c1ncnc(OC2CCN(C(=O)OC(C)C)CC2)c1C. The summed E-state index contributed by atoms with van der Waals surface area (Å²) in [6.45, 7) is 6.95. The molecule has 10 nitrogen and oxygen atoms in total. The van der Waals surface area contributed by atoms with Crippen molar-refractivity contribution in [2.45, 2.75) is 50.7 Å². The van der Waals surface area contributed by atoms with Crippen molar-refractivity contribution < 1.29 is 31.8 Å². The molecule has 36 heavy (non-hydrogen) atoms. The van der Waals surface area contributed by atoms with Crippen LogP contribution in [0, 0.1) is 12.7 Å². The molecule has 1 amide bonds. The van der Waals surface area contributed by atoms with E-state index in [1.165, 1.54) is 25.6 Å². The molecule has 0 bridgehead atoms. The summed E-state index contributed by atoms with van der Waals surface area (Å²) in [5.41, 5.74) is 0.756. The normalized spacial score (nSPS) is 14.7. The fraction of sp³-hybridized carbons (Fsp3) is 0.542. The second-order valence-corrected chi connectivity index (χ2v) is 10.9. The Balaban J connectivity index is 1.81. The van der Waals surface area contributed by atoms with Gasteiger partial charge >= 0.3 is 6.09 Å². The second-order valence-electron chi connectivity index (χ2n) is 8.89. The predicted molar refractivity (Wildman–Crippen MR) is 132 cm³/mol. The summed E-state index contributed by atoms with van der Waals surface area (Å²) < 4.78 is 55.4. The number of aromatic nitrogens is 2. The maximum atomic E-state index is 15.1. The molecule has 0 unspecified atom stereocenters. The van der Waals surface area contributed by atoms with Gasteiger partial charge in [-0.15, -0.1) is 0 Å². The largest absolute Gasteiger partial charge is 0.474 e. The van der Waals surface area contributed by atoms with Crippen LogP contribution in [0.2, 0.25) is 0 Å². The number of nitrogens with zero attached hydrogens (tertiary/aromatic N) is 4. The maximum absolute atomic E-state index is 15.1. The van der Waals surface area contributed by atoms with E-state index < -0.39 is 15.7 Å². The molecular weight excluding hydrogens is 491 g/mol. The van der Waals surface area contributed by atoms with Crippen molar-refractivity contribution in [3.05, 3.63) is 35.9 Å². The molecule has 0 atom stereocenters. The van der Waals surface area contributed by atoms with Gasteiger partial charge in [-0.05, 0) is 39.0 Å². The second kappa shape index (κ2) is 11.8. The Labute approximate surface area is 211 Å². The number of anilines is 2. The molecule has 1 aromatic heterocycles. The molecule has 198 valence electrons. The lowest BCUT2D eigenvalue weighted by atomic mass is 10.1. The van der Waals surface area contributed by atoms with Gasteiger partial charge in [-0.1, -0.05) is 0 Å². The van der Waals surface area contributed by atoms with Crippen LogP contribution in [0.15, 0.2) is 29.4 Å². The van der Waals surface area contributed by atoms with Gasteiger partial charge in [0.2, 0.25) is 5.88 Å². The van der Waals surface area contributed by atoms with E-state index >= 15 is 4.39 Å². The topological polar surface area (TPSA) is 111 Å². The van der Waals surface area contributed by atoms with Crippen molar-refractivity contribution in [2.75, 3.05) is 44.5 Å². The first-order chi connectivity index (χ1) is 17.0. The van der Waals surface area contributed by atoms with Crippen molar-refractivity contribution in [3.8, 4) is 5.88 Å². The molecule has 2 heterocycles. The van der Waals surface area contributed by atoms with Crippen molar-refractivity contribution in [1.29, 1.82) is 0 Å². The van der Waals surface area contributed by atoms with Crippen LogP contribution in [-0.2, 0) is 19.3 Å². The molecule has 0 N–H and O–H groups in total. The van der Waals surface area contributed by atoms with Crippen LogP contribution in [0.4, 0.5) is 20.7 Å². The smallest absolute Gasteiger partial charge is 0.410 e. The number of ether oxygens (including phenoxy) is 3. The van der Waals surface area contributed by atoms with E-state index in [4.69, 9.17) is 14.2 Å². The number of halogens is 1. The summed E-state index contributed by atoms with van der Waals surface area (Å²) in [6, 6.07) is 3.77. The number of carbonyl (C=O) groups is 1. The molecule has 0 spiro atoms. The number of benzene rings is 1. The summed E-state index contributed by atoms with van der Waals surface area (Å²) in [4.78, 5) is 23.9. The molecule has 1 aliphatic heterocycles. The molecule has 0 radical (unpaired) electrons. The number of carbonyl (C=O) groups excluding carboxylic acids is 1. The van der Waals surface area contributed by atoms with Crippen LogP contribution in [0.1, 0.15) is 32.3 Å². The Bertz CT molecular complexity index is 1170. The van der Waals surface area contributed by atoms with Gasteiger partial charge in [0.05, 0.1) is 28.9 Å². The standard InChI is InChI=1S/C24H33FN4O6S/c1-16(2)34-24(30)28-10-8-18(9-11-28)35-23-17(3)22(26-15-27-23)29(12-13-33-4)21-7-6-19(14-20(21)25)36(5,31)32/h6-7,14-16,18H,8-13H2,1-5H3. The number of piperidine rings is 1. The molecule has 0 saturated carbocycles. The Morgan fingerprint density at radius 3 is 2.53 bits per heavy atom. The van der Waals surface area contributed by atoms with Gasteiger partial charge in [0.25, 0.3) is 0 Å². The zero-order valence-electron chi connectivity index (χ0n) is 21.2. The number of amides is 1. The van der Waals surface area contributed by atoms with Crippen LogP contribution in [0.3, 0.4) is 0 Å². The van der Waals surface area contributed by atoms with Gasteiger partial charge in [0, 0.05) is 45.8 Å². The minimum atomic E-state index is -3.56. The van der Waals surface area contributed by atoms with Crippen LogP contribution in [0.25, 0.3) is 0 Å². The minimum absolute atomic E-state index is 0.109. The number of methoxy groups -OCH3 is 1. The summed E-state index contributed by atoms with van der Waals surface area (Å²) in [5, 5.41) is 0. The number of likely N-dealkylation sites (tertiary alicyclic amines) is 1. The lowest BCUT2D eigenvalue weighted by Crippen LogP contribution is -2.42. The van der Waals surface area contributed by atoms with E-state index in [1.54, 1.807) is 16.7 Å². The number of hydrogen-bond donors (Lipinski definition) is 0. The van der Waals surface area contributed by atoms with Crippen LogP contribution >= 0.6 is 0 Å². The Hall–Kier alpha value is -2.99. The monoisotopic (exact) mass is 524 g/mol. The summed E-state index contributed by atoms with van der Waals surface area (Å²) in [7, 11) is -2.02. The molecule has 1 aliphatic rings. The lowest BCUT2D eigenvalue weighted by Gasteiger charge is -2.32. The first-order valence-electron chi connectivity index (χ1n) is 11.7. The third kappa shape index (κ3) is 6.82. The van der Waals surface area contributed by atoms with Crippen LogP contribution < -0.4 is 9.64 Å². The highest BCUT2D eigenvalue weighted by Crippen LogP contribution is 2.33. The van der Waals surface area contributed by atoms with E-state index in [1.807, 2.05) is 13.8 Å². The molecule has 0 aliphatic carbocycles. The van der Waals surface area contributed by atoms with E-state index in [9.17, 15) is 13.2 Å². The van der Waals surface area contributed by atoms with Crippen LogP contribution in [-0.4, -0.2) is 81.2 Å². The highest BCUT2D eigenvalue weighted by atomic mass is 32.2. The molecule has 1 saturated heterocycles. The predicted octanol–water partition coefficient (Wildman–Crippen LogP) is 3.50. The molecule has 2 aromatic rings. The first-order valence-corrected chi connectivity index (χ1v) is 13.6. The summed E-state index contributed by atoms with van der Waals surface area (Å²) in [5.74, 6) is 0.0787. The third-order valence-electron chi connectivity index (χ3n) is 5.74. The van der Waals surface area contributed by atoms with Crippen molar-refractivity contribution in [2.24, 2.45) is 0 Å². The molecular formula is C24H33FN4O6S. The fourth-order valence-electron chi connectivity index (χ4n) is 3.87. The lowest BCUT2D eigenvalue weighted by molar-refractivity contribution is 0.0505. The Kier molecular flexibility index (Phi) is 9.07. The first kappa shape index (κ1) is 27.6. The van der Waals surface area contributed by atoms with Crippen molar-refractivity contribution >= 4 is 27.4 Å². The van der Waals surface area contributed by atoms with Gasteiger partial charge in [-0.25, -0.2) is 27.6 Å². The zero-order valence-corrected chi connectivity index (χ0v) is 22.0. The van der Waals surface area contributed by atoms with Gasteiger partial charge < -0.3 is 24.0 Å². The molecule has 3 rings (SSSR count). The number of sulfone groups is 1. The van der Waals surface area contributed by atoms with E-state index in [0.717, 1.165) is 12.3 Å². The van der Waals surface area contributed by atoms with Gasteiger partial charge in [0.15, 0.2) is 9.84 Å². The number of hydrogen-bond acceptors (Lipinski definition) is 9. The third-order valence-corrected chi connectivity index (χ3v) is 6.85. The fourth-order valence-corrected chi connectivity index (χ4v) is 4.50. The summed E-state index contributed by atoms with van der Waals surface area (Å²) >= 11 is 0. The van der Waals surface area contributed by atoms with Gasteiger partial charge in [0.1, 0.15) is 24.1 Å². The summed E-state index contributed by atoms with van der Waals surface area (Å²) in [6.07, 6.45) is 2.92. The average Bonchev–Trinajstić information content (AvgIpc) is 2.81. The van der Waals surface area contributed by atoms with Crippen molar-refractivity contribution in [3.63, 3.8) is 0 Å². The van der Waals surface area contributed by atoms with E-state index in [0.29, 0.717) is 43.2 Å². The zero-order chi connectivity index (χ0) is 26.5. The van der Waals surface area contributed by atoms with E-state index in [-0.39, 0.29) is 42.0 Å². The highest BCUT2D eigenvalue weighted by Gasteiger charge is 2.27. The quantitative estimate of drug-likeness (QED) is 0.487.